The summed E-state index contributed by atoms with van der Waals surface area (Å²) in [5.74, 6) is 1.17. The van der Waals surface area contributed by atoms with Crippen LogP contribution in [0.2, 0.25) is 0 Å². The Bertz CT molecular complexity index is 1430. The smallest absolute Gasteiger partial charge is 0.177 e. The SMILES string of the molecule is O=C(c1cccs1)C1C(c2ccccc2)C1c1ccc(C2C(C(=O)c3cccs3)C2c2ccccc2)cc1. The van der Waals surface area contributed by atoms with Crippen LogP contribution < -0.4 is 0 Å². The van der Waals surface area contributed by atoms with E-state index in [4.69, 9.17) is 0 Å². The Balaban J connectivity index is 1.18. The molecule has 0 saturated heterocycles. The molecule has 2 saturated carbocycles. The first-order valence-corrected chi connectivity index (χ1v) is 14.8. The third-order valence-corrected chi connectivity index (χ3v) is 10.0. The van der Waals surface area contributed by atoms with Crippen LogP contribution >= 0.6 is 22.7 Å². The maximum absolute atomic E-state index is 13.4. The molecule has 186 valence electrons. The van der Waals surface area contributed by atoms with Crippen LogP contribution in [-0.4, -0.2) is 11.6 Å². The summed E-state index contributed by atoms with van der Waals surface area (Å²) < 4.78 is 0. The van der Waals surface area contributed by atoms with Gasteiger partial charge in [-0.05, 0) is 45.1 Å². The fourth-order valence-electron chi connectivity index (χ4n) is 6.39. The summed E-state index contributed by atoms with van der Waals surface area (Å²) in [5.41, 5.74) is 4.86. The monoisotopic (exact) mass is 530 g/mol. The number of ketones is 2. The van der Waals surface area contributed by atoms with Gasteiger partial charge in [-0.1, -0.05) is 97.1 Å². The van der Waals surface area contributed by atoms with Crippen LogP contribution in [-0.2, 0) is 0 Å². The van der Waals surface area contributed by atoms with Crippen LogP contribution in [0.4, 0.5) is 0 Å². The van der Waals surface area contributed by atoms with Crippen molar-refractivity contribution < 1.29 is 9.59 Å². The first-order valence-electron chi connectivity index (χ1n) is 13.1. The van der Waals surface area contributed by atoms with Gasteiger partial charge in [0.05, 0.1) is 9.75 Å². The minimum Gasteiger partial charge on any atom is -0.293 e. The standard InChI is InChI=1S/C34H26O2S2/c35-33(25-13-7-19-37-25)31-27(21-9-3-1-4-10-21)29(31)23-15-17-24(18-16-23)30-28(22-11-5-2-6-12-22)32(30)34(36)26-14-8-20-38-26/h1-20,27-32H. The fourth-order valence-corrected chi connectivity index (χ4v) is 7.82. The largest absolute Gasteiger partial charge is 0.293 e. The molecule has 6 atom stereocenters. The van der Waals surface area contributed by atoms with E-state index in [0.29, 0.717) is 0 Å². The number of carbonyl (C=O) groups is 2. The molecule has 0 radical (unpaired) electrons. The van der Waals surface area contributed by atoms with Gasteiger partial charge in [-0.2, -0.15) is 0 Å². The molecule has 0 bridgehead atoms. The Morgan fingerprint density at radius 1 is 0.421 bits per heavy atom. The highest BCUT2D eigenvalue weighted by molar-refractivity contribution is 7.12. The third kappa shape index (κ3) is 4.09. The zero-order valence-electron chi connectivity index (χ0n) is 20.6. The molecule has 5 aromatic rings. The van der Waals surface area contributed by atoms with Crippen molar-refractivity contribution in [3.05, 3.63) is 152 Å². The fraction of sp³-hybridized carbons (Fsp3) is 0.176. The molecule has 2 heterocycles. The quantitative estimate of drug-likeness (QED) is 0.188. The maximum Gasteiger partial charge on any atom is 0.177 e. The lowest BCUT2D eigenvalue weighted by atomic mass is 9.99. The van der Waals surface area contributed by atoms with Gasteiger partial charge in [0.1, 0.15) is 0 Å². The highest BCUT2D eigenvalue weighted by Crippen LogP contribution is 2.64. The summed E-state index contributed by atoms with van der Waals surface area (Å²) in [6, 6.07) is 37.4. The number of rotatable bonds is 8. The summed E-state index contributed by atoms with van der Waals surface area (Å²) in [6.45, 7) is 0. The minimum atomic E-state index is -0.0342. The van der Waals surface area contributed by atoms with Crippen molar-refractivity contribution in [3.8, 4) is 0 Å². The van der Waals surface area contributed by atoms with Crippen molar-refractivity contribution in [1.82, 2.24) is 0 Å². The van der Waals surface area contributed by atoms with Crippen molar-refractivity contribution in [2.75, 3.05) is 0 Å². The first kappa shape index (κ1) is 23.5. The van der Waals surface area contributed by atoms with Crippen molar-refractivity contribution >= 4 is 34.2 Å². The molecule has 4 heteroatoms. The summed E-state index contributed by atoms with van der Waals surface area (Å²) in [5, 5.41) is 3.95. The van der Waals surface area contributed by atoms with Gasteiger partial charge in [-0.25, -0.2) is 0 Å². The zero-order chi connectivity index (χ0) is 25.6. The second-order valence-corrected chi connectivity index (χ2v) is 12.2. The normalized spacial score (nSPS) is 25.6. The molecule has 0 aliphatic heterocycles. The van der Waals surface area contributed by atoms with Crippen molar-refractivity contribution in [2.24, 2.45) is 11.8 Å². The van der Waals surface area contributed by atoms with Gasteiger partial charge >= 0.3 is 0 Å². The van der Waals surface area contributed by atoms with Gasteiger partial charge in [0.2, 0.25) is 0 Å². The van der Waals surface area contributed by atoms with Crippen LogP contribution in [0.5, 0.6) is 0 Å². The summed E-state index contributed by atoms with van der Waals surface area (Å²) in [6.07, 6.45) is 0. The topological polar surface area (TPSA) is 34.1 Å². The number of hydrogen-bond donors (Lipinski definition) is 0. The average Bonchev–Trinajstić information content (AvgIpc) is 3.69. The molecule has 0 N–H and O–H groups in total. The molecular weight excluding hydrogens is 505 g/mol. The number of thiophene rings is 2. The summed E-state index contributed by atoms with van der Waals surface area (Å²) >= 11 is 3.06. The number of Topliss-reactive ketones (excluding diaryl/α,β-unsaturated/α-hetero) is 2. The van der Waals surface area contributed by atoms with Crippen molar-refractivity contribution in [2.45, 2.75) is 23.7 Å². The van der Waals surface area contributed by atoms with E-state index in [9.17, 15) is 9.59 Å². The van der Waals surface area contributed by atoms with Gasteiger partial charge in [0, 0.05) is 35.5 Å². The van der Waals surface area contributed by atoms with Crippen LogP contribution in [0.3, 0.4) is 0 Å². The highest BCUT2D eigenvalue weighted by Gasteiger charge is 2.57. The highest BCUT2D eigenvalue weighted by atomic mass is 32.1. The lowest BCUT2D eigenvalue weighted by Gasteiger charge is -2.05. The molecule has 3 aromatic carbocycles. The molecule has 0 amide bonds. The van der Waals surface area contributed by atoms with Gasteiger partial charge in [-0.3, -0.25) is 9.59 Å². The van der Waals surface area contributed by atoms with E-state index >= 15 is 0 Å². The van der Waals surface area contributed by atoms with E-state index in [1.165, 1.54) is 44.9 Å². The number of benzene rings is 3. The minimum absolute atomic E-state index is 0.0342. The molecular formula is C34H26O2S2. The van der Waals surface area contributed by atoms with Crippen LogP contribution in [0, 0.1) is 11.8 Å². The van der Waals surface area contributed by atoms with E-state index in [-0.39, 0.29) is 47.1 Å². The van der Waals surface area contributed by atoms with Gasteiger partial charge in [0.15, 0.2) is 11.6 Å². The second-order valence-electron chi connectivity index (χ2n) is 10.3. The van der Waals surface area contributed by atoms with E-state index < -0.39 is 0 Å². The summed E-state index contributed by atoms with van der Waals surface area (Å²) in [7, 11) is 0. The number of carbonyl (C=O) groups excluding carboxylic acids is 2. The van der Waals surface area contributed by atoms with Gasteiger partial charge in [0.25, 0.3) is 0 Å². The predicted octanol–water partition coefficient (Wildman–Crippen LogP) is 8.57. The molecule has 0 spiro atoms. The molecule has 38 heavy (non-hydrogen) atoms. The van der Waals surface area contributed by atoms with Crippen molar-refractivity contribution in [3.63, 3.8) is 0 Å². The maximum atomic E-state index is 13.4. The van der Waals surface area contributed by atoms with Crippen LogP contribution in [0.1, 0.15) is 65.3 Å². The second kappa shape index (κ2) is 9.61. The Labute approximate surface area is 230 Å². The average molecular weight is 531 g/mol. The lowest BCUT2D eigenvalue weighted by molar-refractivity contribution is 0.0959. The Kier molecular flexibility index (Phi) is 5.95. The van der Waals surface area contributed by atoms with E-state index in [1.54, 1.807) is 0 Å². The van der Waals surface area contributed by atoms with Crippen molar-refractivity contribution in [1.29, 1.82) is 0 Å². The Hall–Kier alpha value is -3.60. The Morgan fingerprint density at radius 2 is 0.763 bits per heavy atom. The van der Waals surface area contributed by atoms with Gasteiger partial charge in [-0.15, -0.1) is 22.7 Å². The first-order chi connectivity index (χ1) is 18.7. The molecule has 2 aliphatic rings. The molecule has 7 rings (SSSR count). The van der Waals surface area contributed by atoms with Crippen LogP contribution in [0.15, 0.2) is 120 Å². The van der Waals surface area contributed by atoms with Gasteiger partial charge < -0.3 is 0 Å². The predicted molar refractivity (Wildman–Crippen MR) is 155 cm³/mol. The molecule has 6 unspecified atom stereocenters. The molecule has 2 aromatic heterocycles. The molecule has 2 nitrogen and oxygen atoms in total. The molecule has 2 fully saturated rings. The van der Waals surface area contributed by atoms with E-state index in [2.05, 4.69) is 72.8 Å². The zero-order valence-corrected chi connectivity index (χ0v) is 22.3. The third-order valence-electron chi connectivity index (χ3n) is 8.25. The van der Waals surface area contributed by atoms with E-state index in [1.807, 2.05) is 47.2 Å². The lowest BCUT2D eigenvalue weighted by Crippen LogP contribution is -2.02. The molecule has 2 aliphatic carbocycles. The summed E-state index contributed by atoms with van der Waals surface area (Å²) in [4.78, 5) is 28.5. The van der Waals surface area contributed by atoms with E-state index in [0.717, 1.165) is 9.75 Å². The Morgan fingerprint density at radius 3 is 1.08 bits per heavy atom. The van der Waals surface area contributed by atoms with Crippen LogP contribution in [0.25, 0.3) is 0 Å². The number of hydrogen-bond acceptors (Lipinski definition) is 4.